The lowest BCUT2D eigenvalue weighted by atomic mass is 9.97. The van der Waals surface area contributed by atoms with Gasteiger partial charge >= 0.3 is 0 Å². The molecule has 0 saturated carbocycles. The van der Waals surface area contributed by atoms with Crippen LogP contribution in [0.5, 0.6) is 0 Å². The minimum atomic E-state index is 0.571. The lowest BCUT2D eigenvalue weighted by Crippen LogP contribution is -1.95. The van der Waals surface area contributed by atoms with Crippen LogP contribution < -0.4 is 0 Å². The third kappa shape index (κ3) is 2.42. The number of allylic oxidation sites excluding steroid dienone is 3. The average molecular weight is 254 g/mol. The summed E-state index contributed by atoms with van der Waals surface area (Å²) in [6.07, 6.45) is 7.02. The molecule has 0 atom stereocenters. The molecule has 2 rings (SSSR count). The van der Waals surface area contributed by atoms with Crippen LogP contribution in [0.4, 0.5) is 0 Å². The van der Waals surface area contributed by atoms with Crippen molar-refractivity contribution in [2.75, 3.05) is 7.11 Å². The maximum atomic E-state index is 5.98. The molecular weight excluding hydrogens is 243 g/mol. The van der Waals surface area contributed by atoms with Gasteiger partial charge in [-0.15, -0.1) is 0 Å². The molecule has 1 aliphatic rings. The van der Waals surface area contributed by atoms with Gasteiger partial charge in [0.2, 0.25) is 0 Å². The minimum Gasteiger partial charge on any atom is -0.497 e. The van der Waals surface area contributed by atoms with Gasteiger partial charge in [0.1, 0.15) is 5.76 Å². The maximum absolute atomic E-state index is 5.98. The first kappa shape index (κ1) is 11.6. The molecule has 1 aliphatic carbocycles. The van der Waals surface area contributed by atoms with Crippen molar-refractivity contribution in [3.05, 3.63) is 58.1 Å². The summed E-state index contributed by atoms with van der Waals surface area (Å²) >= 11 is 11.9. The standard InChI is InChI=1S/C13H11Cl2O/c1-16-11-4-2-3-9(7-11)10-5-6-12(14)13(15)8-10/h3-8H,2H2,1H3. The number of rotatable bonds is 2. The van der Waals surface area contributed by atoms with Gasteiger partial charge in [0.15, 0.2) is 0 Å². The molecule has 0 unspecified atom stereocenters. The molecule has 1 aromatic rings. The van der Waals surface area contributed by atoms with E-state index in [1.165, 1.54) is 0 Å². The Morgan fingerprint density at radius 3 is 2.69 bits per heavy atom. The molecule has 16 heavy (non-hydrogen) atoms. The van der Waals surface area contributed by atoms with Crippen molar-refractivity contribution < 1.29 is 4.74 Å². The number of methoxy groups -OCH3 is 1. The highest BCUT2D eigenvalue weighted by molar-refractivity contribution is 6.42. The summed E-state index contributed by atoms with van der Waals surface area (Å²) in [5, 5.41) is 1.14. The SMILES string of the molecule is COC1=CC[CH]C(c2ccc(Cl)c(Cl)c2)=C1. The van der Waals surface area contributed by atoms with Gasteiger partial charge in [0, 0.05) is 0 Å². The summed E-state index contributed by atoms with van der Waals surface area (Å²) in [6.45, 7) is 0. The van der Waals surface area contributed by atoms with E-state index in [0.717, 1.165) is 23.3 Å². The molecule has 0 bridgehead atoms. The van der Waals surface area contributed by atoms with E-state index in [0.29, 0.717) is 10.0 Å². The molecule has 0 spiro atoms. The molecule has 0 amide bonds. The van der Waals surface area contributed by atoms with Crippen molar-refractivity contribution in [1.29, 1.82) is 0 Å². The third-order valence-corrected chi connectivity index (χ3v) is 3.18. The van der Waals surface area contributed by atoms with E-state index in [2.05, 4.69) is 6.42 Å². The van der Waals surface area contributed by atoms with E-state index >= 15 is 0 Å². The molecule has 1 aromatic carbocycles. The van der Waals surface area contributed by atoms with Gasteiger partial charge in [-0.3, -0.25) is 0 Å². The fourth-order valence-electron chi connectivity index (χ4n) is 1.59. The average Bonchev–Trinajstić information content (AvgIpc) is 2.33. The first-order valence-electron chi connectivity index (χ1n) is 4.95. The van der Waals surface area contributed by atoms with Gasteiger partial charge in [-0.2, -0.15) is 0 Å². The van der Waals surface area contributed by atoms with E-state index in [4.69, 9.17) is 27.9 Å². The zero-order valence-corrected chi connectivity index (χ0v) is 10.3. The zero-order valence-electron chi connectivity index (χ0n) is 8.84. The molecular formula is C13H11Cl2O. The van der Waals surface area contributed by atoms with Crippen LogP contribution in [-0.4, -0.2) is 7.11 Å². The number of ether oxygens (including phenoxy) is 1. The van der Waals surface area contributed by atoms with Crippen molar-refractivity contribution in [3.63, 3.8) is 0 Å². The second-order valence-corrected chi connectivity index (χ2v) is 4.29. The number of benzene rings is 1. The van der Waals surface area contributed by atoms with Crippen LogP contribution in [0.25, 0.3) is 5.57 Å². The molecule has 83 valence electrons. The number of halogens is 2. The Balaban J connectivity index is 2.34. The monoisotopic (exact) mass is 253 g/mol. The van der Waals surface area contributed by atoms with Crippen LogP contribution in [0, 0.1) is 6.42 Å². The molecule has 1 nitrogen and oxygen atoms in total. The van der Waals surface area contributed by atoms with Gasteiger partial charge in [0.25, 0.3) is 0 Å². The summed E-state index contributed by atoms with van der Waals surface area (Å²) in [6, 6.07) is 5.62. The van der Waals surface area contributed by atoms with E-state index in [9.17, 15) is 0 Å². The normalized spacial score (nSPS) is 15.4. The lowest BCUT2D eigenvalue weighted by molar-refractivity contribution is 0.305. The smallest absolute Gasteiger partial charge is 0.115 e. The van der Waals surface area contributed by atoms with Gasteiger partial charge < -0.3 is 4.74 Å². The van der Waals surface area contributed by atoms with Crippen molar-refractivity contribution in [2.24, 2.45) is 0 Å². The van der Waals surface area contributed by atoms with Crippen LogP contribution in [0.3, 0.4) is 0 Å². The van der Waals surface area contributed by atoms with Crippen LogP contribution in [-0.2, 0) is 4.74 Å². The Hall–Kier alpha value is -0.920. The van der Waals surface area contributed by atoms with Crippen LogP contribution >= 0.6 is 23.2 Å². The Kier molecular flexibility index (Phi) is 3.57. The lowest BCUT2D eigenvalue weighted by Gasteiger charge is -2.13. The molecule has 0 saturated heterocycles. The fourth-order valence-corrected chi connectivity index (χ4v) is 1.89. The quantitative estimate of drug-likeness (QED) is 0.754. The van der Waals surface area contributed by atoms with Crippen LogP contribution in [0.1, 0.15) is 12.0 Å². The molecule has 0 aliphatic heterocycles. The second kappa shape index (κ2) is 4.94. The first-order valence-corrected chi connectivity index (χ1v) is 5.71. The molecule has 1 radical (unpaired) electrons. The number of hydrogen-bond acceptors (Lipinski definition) is 1. The molecule has 0 N–H and O–H groups in total. The molecule has 0 heterocycles. The highest BCUT2D eigenvalue weighted by Crippen LogP contribution is 2.30. The first-order chi connectivity index (χ1) is 7.70. The van der Waals surface area contributed by atoms with Gasteiger partial charge in [-0.25, -0.2) is 0 Å². The predicted octanol–water partition coefficient (Wildman–Crippen LogP) is 4.52. The molecule has 3 heteroatoms. The Morgan fingerprint density at radius 2 is 2.00 bits per heavy atom. The van der Waals surface area contributed by atoms with E-state index < -0.39 is 0 Å². The van der Waals surface area contributed by atoms with Gasteiger partial charge in [-0.1, -0.05) is 29.3 Å². The Morgan fingerprint density at radius 1 is 1.19 bits per heavy atom. The van der Waals surface area contributed by atoms with E-state index in [-0.39, 0.29) is 0 Å². The van der Waals surface area contributed by atoms with E-state index in [1.54, 1.807) is 13.2 Å². The Bertz CT molecular complexity index is 461. The fraction of sp³-hybridized carbons (Fsp3) is 0.154. The highest BCUT2D eigenvalue weighted by atomic mass is 35.5. The minimum absolute atomic E-state index is 0.571. The van der Waals surface area contributed by atoms with Crippen molar-refractivity contribution in [3.8, 4) is 0 Å². The summed E-state index contributed by atoms with van der Waals surface area (Å²) in [4.78, 5) is 0. The van der Waals surface area contributed by atoms with Crippen molar-refractivity contribution >= 4 is 28.8 Å². The maximum Gasteiger partial charge on any atom is 0.115 e. The second-order valence-electron chi connectivity index (χ2n) is 3.48. The predicted molar refractivity (Wildman–Crippen MR) is 68.4 cm³/mol. The van der Waals surface area contributed by atoms with Crippen molar-refractivity contribution in [2.45, 2.75) is 6.42 Å². The van der Waals surface area contributed by atoms with Gasteiger partial charge in [-0.05, 0) is 48.3 Å². The summed E-state index contributed by atoms with van der Waals surface area (Å²) < 4.78 is 5.20. The summed E-state index contributed by atoms with van der Waals surface area (Å²) in [5.74, 6) is 0.878. The molecule has 0 aromatic heterocycles. The Labute approximate surface area is 105 Å². The third-order valence-electron chi connectivity index (χ3n) is 2.44. The van der Waals surface area contributed by atoms with Gasteiger partial charge in [0.05, 0.1) is 17.2 Å². The van der Waals surface area contributed by atoms with Crippen LogP contribution in [0.2, 0.25) is 10.0 Å². The molecule has 0 fully saturated rings. The topological polar surface area (TPSA) is 9.23 Å². The zero-order chi connectivity index (χ0) is 11.5. The number of hydrogen-bond donors (Lipinski definition) is 0. The summed E-state index contributed by atoms with van der Waals surface area (Å²) in [7, 11) is 1.67. The van der Waals surface area contributed by atoms with Crippen molar-refractivity contribution in [1.82, 2.24) is 0 Å². The van der Waals surface area contributed by atoms with Crippen LogP contribution in [0.15, 0.2) is 36.1 Å². The summed E-state index contributed by atoms with van der Waals surface area (Å²) in [5.41, 5.74) is 2.16. The van der Waals surface area contributed by atoms with E-state index in [1.807, 2.05) is 24.3 Å². The largest absolute Gasteiger partial charge is 0.497 e. The highest BCUT2D eigenvalue weighted by Gasteiger charge is 2.09.